The summed E-state index contributed by atoms with van der Waals surface area (Å²) in [6.45, 7) is 0.713. The lowest BCUT2D eigenvalue weighted by atomic mass is 10.1. The second kappa shape index (κ2) is 5.17. The molecule has 2 aromatic rings. The van der Waals surface area contributed by atoms with Gasteiger partial charge in [-0.05, 0) is 41.9 Å². The fourth-order valence-corrected chi connectivity index (χ4v) is 3.29. The number of hydrogen-bond donors (Lipinski definition) is 1. The molecule has 2 N–H and O–H groups in total. The molecule has 1 fully saturated rings. The van der Waals surface area contributed by atoms with E-state index < -0.39 is 4.92 Å². The molecule has 0 aliphatic carbocycles. The van der Waals surface area contributed by atoms with E-state index in [2.05, 4.69) is 5.10 Å². The van der Waals surface area contributed by atoms with Gasteiger partial charge in [-0.25, -0.2) is 4.68 Å². The molecule has 106 valence electrons. The van der Waals surface area contributed by atoms with Crippen LogP contribution in [0.2, 0.25) is 0 Å². The molecule has 1 aromatic carbocycles. The molecule has 1 aromatic heterocycles. The van der Waals surface area contributed by atoms with Gasteiger partial charge in [0.15, 0.2) is 6.23 Å². The number of nitrogens with zero attached hydrogens (tertiary/aromatic N) is 3. The molecule has 1 saturated heterocycles. The van der Waals surface area contributed by atoms with Crippen molar-refractivity contribution in [3.8, 4) is 0 Å². The topological polar surface area (TPSA) is 96.2 Å². The van der Waals surface area contributed by atoms with Gasteiger partial charge in [0.25, 0.3) is 5.69 Å². The minimum absolute atomic E-state index is 0.0778. The zero-order valence-corrected chi connectivity index (χ0v) is 12.7. The van der Waals surface area contributed by atoms with Crippen molar-refractivity contribution in [1.82, 2.24) is 9.78 Å². The molecule has 3 rings (SSSR count). The maximum atomic E-state index is 11.0. The Morgan fingerprint density at radius 2 is 2.35 bits per heavy atom. The molecule has 1 aliphatic heterocycles. The third-order valence-corrected chi connectivity index (χ3v) is 4.55. The van der Waals surface area contributed by atoms with Crippen LogP contribution in [0.5, 0.6) is 0 Å². The number of hydrogen-bond acceptors (Lipinski definition) is 5. The van der Waals surface area contributed by atoms with Crippen molar-refractivity contribution >= 4 is 44.9 Å². The van der Waals surface area contributed by atoms with Crippen LogP contribution in [0.25, 0.3) is 10.9 Å². The molecule has 0 spiro atoms. The molecule has 1 atom stereocenters. The number of ether oxygens (including phenoxy) is 1. The number of anilines is 1. The van der Waals surface area contributed by atoms with Gasteiger partial charge in [-0.2, -0.15) is 5.10 Å². The molecule has 0 radical (unpaired) electrons. The molecule has 7 nitrogen and oxygen atoms in total. The van der Waals surface area contributed by atoms with Crippen molar-refractivity contribution < 1.29 is 9.66 Å². The summed E-state index contributed by atoms with van der Waals surface area (Å²) in [6.07, 6.45) is 4.55. The van der Waals surface area contributed by atoms with Crippen LogP contribution in [-0.4, -0.2) is 21.3 Å². The number of nitro groups is 1. The van der Waals surface area contributed by atoms with E-state index in [0.29, 0.717) is 15.6 Å². The highest BCUT2D eigenvalue weighted by Crippen LogP contribution is 2.36. The first kappa shape index (κ1) is 13.6. The van der Waals surface area contributed by atoms with E-state index in [4.69, 9.17) is 10.5 Å². The summed E-state index contributed by atoms with van der Waals surface area (Å²) in [6, 6.07) is 1.47. The van der Waals surface area contributed by atoms with Gasteiger partial charge in [0, 0.05) is 18.1 Å². The van der Waals surface area contributed by atoms with Gasteiger partial charge in [-0.15, -0.1) is 0 Å². The zero-order valence-electron chi connectivity index (χ0n) is 10.6. The lowest BCUT2D eigenvalue weighted by Crippen LogP contribution is -2.19. The quantitative estimate of drug-likeness (QED) is 0.369. The number of halogens is 1. The Bertz CT molecular complexity index is 679. The van der Waals surface area contributed by atoms with Crippen molar-refractivity contribution in [1.29, 1.82) is 0 Å². The Morgan fingerprint density at radius 1 is 1.55 bits per heavy atom. The van der Waals surface area contributed by atoms with E-state index in [1.165, 1.54) is 6.07 Å². The average Bonchev–Trinajstić information content (AvgIpc) is 2.87. The van der Waals surface area contributed by atoms with Crippen LogP contribution < -0.4 is 5.73 Å². The van der Waals surface area contributed by atoms with Gasteiger partial charge in [0.1, 0.15) is 5.69 Å². The monoisotopic (exact) mass is 388 g/mol. The fourth-order valence-electron chi connectivity index (χ4n) is 2.46. The molecular formula is C12H13IN4O3. The predicted molar refractivity (Wildman–Crippen MR) is 82.4 cm³/mol. The van der Waals surface area contributed by atoms with Gasteiger partial charge in [-0.3, -0.25) is 10.1 Å². The molecule has 0 amide bonds. The van der Waals surface area contributed by atoms with Crippen LogP contribution in [0, 0.1) is 13.7 Å². The number of nitrogens with two attached hydrogens (primary N) is 1. The number of nitro benzene ring substituents is 1. The smallest absolute Gasteiger partial charge is 0.294 e. The SMILES string of the molecule is Nc1c([N+](=O)[O-])cc2cnn(C3CCCCO3)c2c1I. The molecule has 1 unspecified atom stereocenters. The van der Waals surface area contributed by atoms with Crippen LogP contribution >= 0.6 is 22.6 Å². The van der Waals surface area contributed by atoms with Crippen LogP contribution in [0.4, 0.5) is 11.4 Å². The van der Waals surface area contributed by atoms with Gasteiger partial charge < -0.3 is 10.5 Å². The van der Waals surface area contributed by atoms with Crippen molar-refractivity contribution in [2.45, 2.75) is 25.5 Å². The van der Waals surface area contributed by atoms with Crippen LogP contribution in [0.15, 0.2) is 12.3 Å². The first-order valence-electron chi connectivity index (χ1n) is 6.31. The summed E-state index contributed by atoms with van der Waals surface area (Å²) >= 11 is 2.03. The first-order chi connectivity index (χ1) is 9.59. The van der Waals surface area contributed by atoms with Crippen LogP contribution in [0.1, 0.15) is 25.5 Å². The van der Waals surface area contributed by atoms with Gasteiger partial charge in [0.2, 0.25) is 0 Å². The molecule has 8 heteroatoms. The van der Waals surface area contributed by atoms with Crippen molar-refractivity contribution in [2.24, 2.45) is 0 Å². The number of aromatic nitrogens is 2. The minimum atomic E-state index is -0.467. The number of rotatable bonds is 2. The molecule has 0 bridgehead atoms. The van der Waals surface area contributed by atoms with E-state index in [1.807, 2.05) is 22.6 Å². The second-order valence-electron chi connectivity index (χ2n) is 4.73. The third kappa shape index (κ3) is 2.12. The van der Waals surface area contributed by atoms with E-state index in [0.717, 1.165) is 24.8 Å². The highest BCUT2D eigenvalue weighted by atomic mass is 127. The summed E-state index contributed by atoms with van der Waals surface area (Å²) in [7, 11) is 0. The number of benzene rings is 1. The lowest BCUT2D eigenvalue weighted by Gasteiger charge is -2.23. The van der Waals surface area contributed by atoms with E-state index in [-0.39, 0.29) is 17.6 Å². The normalized spacial score (nSPS) is 19.4. The summed E-state index contributed by atoms with van der Waals surface area (Å²) in [5, 5.41) is 16.0. The average molecular weight is 388 g/mol. The summed E-state index contributed by atoms with van der Waals surface area (Å²) < 4.78 is 8.16. The van der Waals surface area contributed by atoms with E-state index in [9.17, 15) is 10.1 Å². The molecule has 2 heterocycles. The zero-order chi connectivity index (χ0) is 14.3. The molecular weight excluding hydrogens is 375 g/mol. The Kier molecular flexibility index (Phi) is 3.50. The summed E-state index contributed by atoms with van der Waals surface area (Å²) in [5.74, 6) is 0. The van der Waals surface area contributed by atoms with Gasteiger partial charge in [-0.1, -0.05) is 0 Å². The maximum Gasteiger partial charge on any atom is 0.294 e. The van der Waals surface area contributed by atoms with E-state index >= 15 is 0 Å². The van der Waals surface area contributed by atoms with Crippen molar-refractivity contribution in [2.75, 3.05) is 12.3 Å². The molecule has 0 saturated carbocycles. The van der Waals surface area contributed by atoms with Crippen molar-refractivity contribution in [3.63, 3.8) is 0 Å². The fraction of sp³-hybridized carbons (Fsp3) is 0.417. The molecule has 20 heavy (non-hydrogen) atoms. The Hall–Kier alpha value is -1.42. The predicted octanol–water partition coefficient (Wildman–Crippen LogP) is 2.83. The van der Waals surface area contributed by atoms with Crippen LogP contribution in [0.3, 0.4) is 0 Å². The standard InChI is InChI=1S/C12H13IN4O3/c13-10-11(14)8(17(18)19)5-7-6-15-16(12(7)10)9-3-1-2-4-20-9/h5-6,9H,1-4,14H2. The third-order valence-electron chi connectivity index (χ3n) is 3.46. The Morgan fingerprint density at radius 3 is 3.00 bits per heavy atom. The highest BCUT2D eigenvalue weighted by molar-refractivity contribution is 14.1. The maximum absolute atomic E-state index is 11.0. The van der Waals surface area contributed by atoms with Gasteiger partial charge in [0.05, 0.1) is 20.2 Å². The Labute approximate surface area is 128 Å². The summed E-state index contributed by atoms with van der Waals surface area (Å²) in [4.78, 5) is 10.5. The molecule has 1 aliphatic rings. The van der Waals surface area contributed by atoms with E-state index in [1.54, 1.807) is 10.9 Å². The first-order valence-corrected chi connectivity index (χ1v) is 7.38. The highest BCUT2D eigenvalue weighted by Gasteiger charge is 2.24. The largest absolute Gasteiger partial charge is 0.392 e. The second-order valence-corrected chi connectivity index (χ2v) is 5.81. The number of nitrogen functional groups attached to an aromatic ring is 1. The van der Waals surface area contributed by atoms with Gasteiger partial charge >= 0.3 is 0 Å². The van der Waals surface area contributed by atoms with Crippen molar-refractivity contribution in [3.05, 3.63) is 25.9 Å². The Balaban J connectivity index is 2.16. The number of fused-ring (bicyclic) bond motifs is 1. The van der Waals surface area contributed by atoms with Crippen LogP contribution in [-0.2, 0) is 4.74 Å². The minimum Gasteiger partial charge on any atom is -0.392 e. The lowest BCUT2D eigenvalue weighted by molar-refractivity contribution is -0.383. The summed E-state index contributed by atoms with van der Waals surface area (Å²) in [5.41, 5.74) is 6.79.